The van der Waals surface area contributed by atoms with Crippen LogP contribution in [0.1, 0.15) is 0 Å². The van der Waals surface area contributed by atoms with E-state index in [0.717, 1.165) is 11.4 Å². The molecule has 0 heterocycles. The minimum Gasteiger partial charge on any atom is -0.328 e. The lowest BCUT2D eigenvalue weighted by atomic mass is 10.0. The molecule has 0 saturated heterocycles. The lowest BCUT2D eigenvalue weighted by Crippen LogP contribution is -2.25. The van der Waals surface area contributed by atoms with Gasteiger partial charge in [0.15, 0.2) is 0 Å². The zero-order valence-corrected chi connectivity index (χ0v) is 11.8. The van der Waals surface area contributed by atoms with Crippen molar-refractivity contribution in [2.45, 2.75) is 0 Å². The SMILES string of the molecule is NCN(c1ccccc1)c1ccccc1-c1ccccc1. The highest BCUT2D eigenvalue weighted by atomic mass is 15.2. The minimum atomic E-state index is 0.438. The van der Waals surface area contributed by atoms with Crippen molar-refractivity contribution in [3.05, 3.63) is 84.9 Å². The molecular weight excluding hydrogens is 256 g/mol. The quantitative estimate of drug-likeness (QED) is 0.714. The Morgan fingerprint density at radius 3 is 1.90 bits per heavy atom. The van der Waals surface area contributed by atoms with Crippen LogP contribution in [-0.2, 0) is 0 Å². The Kier molecular flexibility index (Phi) is 3.99. The van der Waals surface area contributed by atoms with E-state index in [1.165, 1.54) is 11.1 Å². The largest absolute Gasteiger partial charge is 0.328 e. The number of hydrogen-bond donors (Lipinski definition) is 1. The van der Waals surface area contributed by atoms with Crippen LogP contribution in [-0.4, -0.2) is 6.67 Å². The van der Waals surface area contributed by atoms with Crippen LogP contribution >= 0.6 is 0 Å². The molecule has 0 radical (unpaired) electrons. The Bertz CT molecular complexity index is 693. The Balaban J connectivity index is 2.10. The number of benzene rings is 3. The lowest BCUT2D eigenvalue weighted by molar-refractivity contribution is 0.984. The Labute approximate surface area is 125 Å². The fourth-order valence-corrected chi connectivity index (χ4v) is 2.52. The molecule has 0 aliphatic carbocycles. The first-order valence-corrected chi connectivity index (χ1v) is 7.07. The van der Waals surface area contributed by atoms with Gasteiger partial charge in [0, 0.05) is 11.3 Å². The Morgan fingerprint density at radius 1 is 0.667 bits per heavy atom. The van der Waals surface area contributed by atoms with Gasteiger partial charge in [-0.05, 0) is 23.8 Å². The molecule has 0 amide bonds. The van der Waals surface area contributed by atoms with Gasteiger partial charge in [-0.15, -0.1) is 0 Å². The van der Waals surface area contributed by atoms with Crippen molar-refractivity contribution < 1.29 is 0 Å². The molecule has 3 aromatic rings. The third-order valence-electron chi connectivity index (χ3n) is 3.53. The fourth-order valence-electron chi connectivity index (χ4n) is 2.52. The minimum absolute atomic E-state index is 0.438. The van der Waals surface area contributed by atoms with Crippen molar-refractivity contribution in [1.82, 2.24) is 0 Å². The van der Waals surface area contributed by atoms with E-state index < -0.39 is 0 Å². The molecule has 0 unspecified atom stereocenters. The van der Waals surface area contributed by atoms with Gasteiger partial charge in [0.1, 0.15) is 0 Å². The molecule has 0 aromatic heterocycles. The first kappa shape index (κ1) is 13.4. The molecule has 0 spiro atoms. The van der Waals surface area contributed by atoms with Crippen molar-refractivity contribution in [2.75, 3.05) is 11.6 Å². The van der Waals surface area contributed by atoms with Gasteiger partial charge in [0.25, 0.3) is 0 Å². The zero-order chi connectivity index (χ0) is 14.5. The number of nitrogens with zero attached hydrogens (tertiary/aromatic N) is 1. The molecule has 104 valence electrons. The molecule has 3 aromatic carbocycles. The molecule has 0 aliphatic rings. The first-order valence-electron chi connectivity index (χ1n) is 7.07. The number of rotatable bonds is 4. The molecular formula is C19H18N2. The summed E-state index contributed by atoms with van der Waals surface area (Å²) in [6.07, 6.45) is 0. The van der Waals surface area contributed by atoms with E-state index in [4.69, 9.17) is 5.73 Å². The summed E-state index contributed by atoms with van der Waals surface area (Å²) in [5, 5.41) is 0. The molecule has 0 aliphatic heterocycles. The van der Waals surface area contributed by atoms with Gasteiger partial charge in [-0.25, -0.2) is 0 Å². The van der Waals surface area contributed by atoms with Gasteiger partial charge in [-0.2, -0.15) is 0 Å². The third kappa shape index (κ3) is 2.81. The average molecular weight is 274 g/mol. The van der Waals surface area contributed by atoms with E-state index in [0.29, 0.717) is 6.67 Å². The maximum atomic E-state index is 6.01. The smallest absolute Gasteiger partial charge is 0.0706 e. The second-order valence-electron chi connectivity index (χ2n) is 4.83. The molecule has 2 N–H and O–H groups in total. The monoisotopic (exact) mass is 274 g/mol. The van der Waals surface area contributed by atoms with Gasteiger partial charge in [-0.1, -0.05) is 66.7 Å². The molecule has 2 heteroatoms. The Morgan fingerprint density at radius 2 is 1.24 bits per heavy atom. The van der Waals surface area contributed by atoms with Crippen molar-refractivity contribution in [1.29, 1.82) is 0 Å². The summed E-state index contributed by atoms with van der Waals surface area (Å²) < 4.78 is 0. The second-order valence-corrected chi connectivity index (χ2v) is 4.83. The summed E-state index contributed by atoms with van der Waals surface area (Å²) in [6.45, 7) is 0.438. The van der Waals surface area contributed by atoms with Gasteiger partial charge in [-0.3, -0.25) is 0 Å². The van der Waals surface area contributed by atoms with E-state index in [2.05, 4.69) is 59.5 Å². The highest BCUT2D eigenvalue weighted by molar-refractivity contribution is 5.82. The third-order valence-corrected chi connectivity index (χ3v) is 3.53. The maximum absolute atomic E-state index is 6.01. The van der Waals surface area contributed by atoms with Crippen LogP contribution in [0.15, 0.2) is 84.9 Å². The van der Waals surface area contributed by atoms with Crippen LogP contribution in [0.25, 0.3) is 11.1 Å². The molecule has 2 nitrogen and oxygen atoms in total. The van der Waals surface area contributed by atoms with Crippen LogP contribution in [0.2, 0.25) is 0 Å². The van der Waals surface area contributed by atoms with E-state index in [1.807, 2.05) is 30.3 Å². The summed E-state index contributed by atoms with van der Waals surface area (Å²) >= 11 is 0. The highest BCUT2D eigenvalue weighted by Gasteiger charge is 2.12. The number of hydrogen-bond acceptors (Lipinski definition) is 2. The van der Waals surface area contributed by atoms with Crippen LogP contribution in [0.3, 0.4) is 0 Å². The van der Waals surface area contributed by atoms with Crippen LogP contribution in [0.4, 0.5) is 11.4 Å². The van der Waals surface area contributed by atoms with Gasteiger partial charge in [0.2, 0.25) is 0 Å². The summed E-state index contributed by atoms with van der Waals surface area (Å²) in [6, 6.07) is 29.0. The van der Waals surface area contributed by atoms with Gasteiger partial charge in [0.05, 0.1) is 12.4 Å². The zero-order valence-electron chi connectivity index (χ0n) is 11.8. The number of para-hydroxylation sites is 2. The normalized spacial score (nSPS) is 10.3. The number of nitrogens with two attached hydrogens (primary N) is 1. The van der Waals surface area contributed by atoms with Crippen molar-refractivity contribution in [2.24, 2.45) is 5.73 Å². The summed E-state index contributed by atoms with van der Waals surface area (Å²) in [5.74, 6) is 0. The molecule has 0 bridgehead atoms. The van der Waals surface area contributed by atoms with E-state index in [1.54, 1.807) is 0 Å². The second kappa shape index (κ2) is 6.25. The predicted molar refractivity (Wildman–Crippen MR) is 89.5 cm³/mol. The fraction of sp³-hybridized carbons (Fsp3) is 0.0526. The topological polar surface area (TPSA) is 29.3 Å². The first-order chi connectivity index (χ1) is 10.4. The molecule has 3 rings (SSSR count). The van der Waals surface area contributed by atoms with Crippen molar-refractivity contribution in [3.63, 3.8) is 0 Å². The molecule has 21 heavy (non-hydrogen) atoms. The lowest BCUT2D eigenvalue weighted by Gasteiger charge is -2.25. The van der Waals surface area contributed by atoms with Gasteiger partial charge >= 0.3 is 0 Å². The summed E-state index contributed by atoms with van der Waals surface area (Å²) in [7, 11) is 0. The molecule has 0 fully saturated rings. The predicted octanol–water partition coefficient (Wildman–Crippen LogP) is 4.41. The van der Waals surface area contributed by atoms with Crippen molar-refractivity contribution in [3.8, 4) is 11.1 Å². The van der Waals surface area contributed by atoms with Crippen LogP contribution < -0.4 is 10.6 Å². The summed E-state index contributed by atoms with van der Waals surface area (Å²) in [5.41, 5.74) is 10.6. The number of anilines is 2. The molecule has 0 atom stereocenters. The van der Waals surface area contributed by atoms with E-state index in [9.17, 15) is 0 Å². The average Bonchev–Trinajstić information content (AvgIpc) is 2.58. The highest BCUT2D eigenvalue weighted by Crippen LogP contribution is 2.34. The van der Waals surface area contributed by atoms with Gasteiger partial charge < -0.3 is 10.6 Å². The Hall–Kier alpha value is -2.58. The standard InChI is InChI=1S/C19H18N2/c20-15-21(17-11-5-2-6-12-17)19-14-8-7-13-18(19)16-9-3-1-4-10-16/h1-14H,15,20H2. The van der Waals surface area contributed by atoms with E-state index in [-0.39, 0.29) is 0 Å². The van der Waals surface area contributed by atoms with Crippen LogP contribution in [0, 0.1) is 0 Å². The van der Waals surface area contributed by atoms with Crippen molar-refractivity contribution >= 4 is 11.4 Å². The van der Waals surface area contributed by atoms with Crippen LogP contribution in [0.5, 0.6) is 0 Å². The maximum Gasteiger partial charge on any atom is 0.0706 e. The van der Waals surface area contributed by atoms with E-state index >= 15 is 0 Å². The summed E-state index contributed by atoms with van der Waals surface area (Å²) in [4.78, 5) is 2.13. The molecule has 0 saturated carbocycles.